The van der Waals surface area contributed by atoms with E-state index in [1.54, 1.807) is 0 Å². The standard InChI is InChI=1S/C16H22N/c1-4-9-15-13(5-2)12-14-10-7-8-11-16(14)17(15)6-3/h7-8,10-12H,4-6,9H2,1-3H3/q+1. The van der Waals surface area contributed by atoms with Gasteiger partial charge >= 0.3 is 0 Å². The zero-order valence-electron chi connectivity index (χ0n) is 11.2. The van der Waals surface area contributed by atoms with E-state index < -0.39 is 0 Å². The highest BCUT2D eigenvalue weighted by molar-refractivity contribution is 5.76. The van der Waals surface area contributed by atoms with Crippen molar-refractivity contribution in [3.63, 3.8) is 0 Å². The van der Waals surface area contributed by atoms with Crippen LogP contribution in [0, 0.1) is 0 Å². The van der Waals surface area contributed by atoms with Crippen molar-refractivity contribution >= 4 is 10.9 Å². The first-order valence-corrected chi connectivity index (χ1v) is 6.75. The lowest BCUT2D eigenvalue weighted by Gasteiger charge is -2.09. The summed E-state index contributed by atoms with van der Waals surface area (Å²) in [6, 6.07) is 11.1. The summed E-state index contributed by atoms with van der Waals surface area (Å²) < 4.78 is 2.48. The monoisotopic (exact) mass is 228 g/mol. The molecule has 1 aromatic carbocycles. The van der Waals surface area contributed by atoms with Gasteiger partial charge in [-0.2, -0.15) is 4.57 Å². The summed E-state index contributed by atoms with van der Waals surface area (Å²) in [5.41, 5.74) is 4.40. The van der Waals surface area contributed by atoms with Crippen molar-refractivity contribution < 1.29 is 4.57 Å². The third-order valence-corrected chi connectivity index (χ3v) is 3.44. The van der Waals surface area contributed by atoms with Gasteiger partial charge in [0.15, 0.2) is 5.69 Å². The maximum absolute atomic E-state index is 2.48. The predicted octanol–water partition coefficient (Wildman–Crippen LogP) is 3.66. The topological polar surface area (TPSA) is 3.88 Å². The fraction of sp³-hybridized carbons (Fsp3) is 0.438. The molecule has 0 unspecified atom stereocenters. The number of aromatic nitrogens is 1. The molecule has 0 aliphatic rings. The first-order chi connectivity index (χ1) is 8.31. The molecule has 0 saturated carbocycles. The first kappa shape index (κ1) is 12.1. The van der Waals surface area contributed by atoms with Crippen molar-refractivity contribution in [1.29, 1.82) is 0 Å². The minimum atomic E-state index is 1.06. The van der Waals surface area contributed by atoms with Gasteiger partial charge in [0.1, 0.15) is 6.54 Å². The molecule has 90 valence electrons. The molecule has 1 heteroatoms. The van der Waals surface area contributed by atoms with Crippen LogP contribution in [0.15, 0.2) is 30.3 Å². The van der Waals surface area contributed by atoms with Crippen LogP contribution in [0.4, 0.5) is 0 Å². The van der Waals surface area contributed by atoms with E-state index in [1.807, 2.05) is 0 Å². The second kappa shape index (κ2) is 5.31. The molecule has 0 aliphatic carbocycles. The Balaban J connectivity index is 2.74. The predicted molar refractivity (Wildman–Crippen MR) is 73.2 cm³/mol. The number of para-hydroxylation sites is 1. The fourth-order valence-corrected chi connectivity index (χ4v) is 2.64. The molecule has 0 spiro atoms. The van der Waals surface area contributed by atoms with E-state index in [2.05, 4.69) is 55.7 Å². The molecule has 2 rings (SSSR count). The molecule has 0 atom stereocenters. The Bertz CT molecular complexity index is 514. The Kier molecular flexibility index (Phi) is 3.78. The highest BCUT2D eigenvalue weighted by atomic mass is 15.0. The lowest BCUT2D eigenvalue weighted by Crippen LogP contribution is -2.39. The van der Waals surface area contributed by atoms with Gasteiger partial charge in [-0.25, -0.2) is 0 Å². The summed E-state index contributed by atoms with van der Waals surface area (Å²) in [6.07, 6.45) is 3.52. The molecule has 0 fully saturated rings. The third kappa shape index (κ3) is 2.19. The Morgan fingerprint density at radius 2 is 1.82 bits per heavy atom. The van der Waals surface area contributed by atoms with Crippen LogP contribution in [0.25, 0.3) is 10.9 Å². The van der Waals surface area contributed by atoms with Crippen LogP contribution in [-0.4, -0.2) is 0 Å². The number of hydrogen-bond donors (Lipinski definition) is 0. The van der Waals surface area contributed by atoms with Crippen molar-refractivity contribution in [2.45, 2.75) is 46.6 Å². The average molecular weight is 228 g/mol. The second-order valence-corrected chi connectivity index (χ2v) is 4.52. The van der Waals surface area contributed by atoms with Crippen molar-refractivity contribution in [3.05, 3.63) is 41.6 Å². The number of fused-ring (bicyclic) bond motifs is 1. The minimum absolute atomic E-state index is 1.06. The van der Waals surface area contributed by atoms with Crippen molar-refractivity contribution in [1.82, 2.24) is 0 Å². The van der Waals surface area contributed by atoms with Crippen molar-refractivity contribution in [2.75, 3.05) is 0 Å². The van der Waals surface area contributed by atoms with E-state index in [4.69, 9.17) is 0 Å². The van der Waals surface area contributed by atoms with Crippen LogP contribution >= 0.6 is 0 Å². The molecular formula is C16H22N+. The SMILES string of the molecule is CCCc1c(CC)cc2ccccc2[n+]1CC. The Morgan fingerprint density at radius 3 is 2.47 bits per heavy atom. The van der Waals surface area contributed by atoms with Gasteiger partial charge in [-0.3, -0.25) is 0 Å². The summed E-state index contributed by atoms with van der Waals surface area (Å²) in [6.45, 7) is 7.81. The minimum Gasteiger partial charge on any atom is -0.196 e. The number of aryl methyl sites for hydroxylation is 2. The highest BCUT2D eigenvalue weighted by Crippen LogP contribution is 2.17. The van der Waals surface area contributed by atoms with Crippen molar-refractivity contribution in [2.24, 2.45) is 0 Å². The van der Waals surface area contributed by atoms with Gasteiger partial charge in [0, 0.05) is 23.4 Å². The Labute approximate surface area is 104 Å². The van der Waals surface area contributed by atoms with Crippen LogP contribution < -0.4 is 4.57 Å². The summed E-state index contributed by atoms with van der Waals surface area (Å²) >= 11 is 0. The van der Waals surface area contributed by atoms with Gasteiger partial charge in [0.05, 0.1) is 0 Å². The zero-order valence-corrected chi connectivity index (χ0v) is 11.2. The Morgan fingerprint density at radius 1 is 1.06 bits per heavy atom. The molecule has 1 aromatic heterocycles. The Hall–Kier alpha value is -1.37. The van der Waals surface area contributed by atoms with Gasteiger partial charge in [-0.1, -0.05) is 26.0 Å². The van der Waals surface area contributed by atoms with Crippen LogP contribution in [0.3, 0.4) is 0 Å². The van der Waals surface area contributed by atoms with Crippen LogP contribution in [0.5, 0.6) is 0 Å². The van der Waals surface area contributed by atoms with E-state index in [0.717, 1.165) is 13.0 Å². The number of rotatable bonds is 4. The normalized spacial score (nSPS) is 11.0. The second-order valence-electron chi connectivity index (χ2n) is 4.52. The number of hydrogen-bond acceptors (Lipinski definition) is 0. The van der Waals surface area contributed by atoms with Crippen LogP contribution in [0.1, 0.15) is 38.4 Å². The fourth-order valence-electron chi connectivity index (χ4n) is 2.64. The maximum atomic E-state index is 2.48. The first-order valence-electron chi connectivity index (χ1n) is 6.75. The van der Waals surface area contributed by atoms with E-state index in [-0.39, 0.29) is 0 Å². The van der Waals surface area contributed by atoms with E-state index in [9.17, 15) is 0 Å². The van der Waals surface area contributed by atoms with E-state index in [0.29, 0.717) is 0 Å². The summed E-state index contributed by atoms with van der Waals surface area (Å²) in [5, 5.41) is 1.37. The molecule has 1 nitrogen and oxygen atoms in total. The molecular weight excluding hydrogens is 206 g/mol. The summed E-state index contributed by atoms with van der Waals surface area (Å²) in [7, 11) is 0. The smallest absolute Gasteiger partial charge is 0.196 e. The summed E-state index contributed by atoms with van der Waals surface area (Å²) in [5.74, 6) is 0. The zero-order chi connectivity index (χ0) is 12.3. The van der Waals surface area contributed by atoms with E-state index >= 15 is 0 Å². The van der Waals surface area contributed by atoms with Gasteiger partial charge in [0.25, 0.3) is 0 Å². The van der Waals surface area contributed by atoms with E-state index in [1.165, 1.54) is 35.0 Å². The van der Waals surface area contributed by atoms with Gasteiger partial charge in [-0.05, 0) is 31.9 Å². The lowest BCUT2D eigenvalue weighted by atomic mass is 10.0. The number of benzene rings is 1. The van der Waals surface area contributed by atoms with Crippen molar-refractivity contribution in [3.8, 4) is 0 Å². The molecule has 0 amide bonds. The molecule has 2 aromatic rings. The van der Waals surface area contributed by atoms with Gasteiger partial charge in [0.2, 0.25) is 5.52 Å². The molecule has 0 saturated heterocycles. The molecule has 0 radical (unpaired) electrons. The third-order valence-electron chi connectivity index (χ3n) is 3.44. The summed E-state index contributed by atoms with van der Waals surface area (Å²) in [4.78, 5) is 0. The molecule has 17 heavy (non-hydrogen) atoms. The highest BCUT2D eigenvalue weighted by Gasteiger charge is 2.17. The average Bonchev–Trinajstić information content (AvgIpc) is 2.38. The number of pyridine rings is 1. The molecule has 1 heterocycles. The van der Waals surface area contributed by atoms with Crippen LogP contribution in [0.2, 0.25) is 0 Å². The number of nitrogens with zero attached hydrogens (tertiary/aromatic N) is 1. The maximum Gasteiger partial charge on any atom is 0.212 e. The van der Waals surface area contributed by atoms with Crippen LogP contribution in [-0.2, 0) is 19.4 Å². The largest absolute Gasteiger partial charge is 0.212 e. The molecule has 0 aliphatic heterocycles. The molecule has 0 bridgehead atoms. The quantitative estimate of drug-likeness (QED) is 0.703. The van der Waals surface area contributed by atoms with Gasteiger partial charge in [-0.15, -0.1) is 0 Å². The molecule has 0 N–H and O–H groups in total. The van der Waals surface area contributed by atoms with Gasteiger partial charge < -0.3 is 0 Å². The lowest BCUT2D eigenvalue weighted by molar-refractivity contribution is -0.675.